The summed E-state index contributed by atoms with van der Waals surface area (Å²) in [6, 6.07) is 0. The van der Waals surface area contributed by atoms with Crippen LogP contribution in [0.25, 0.3) is 0 Å². The fourth-order valence-corrected chi connectivity index (χ4v) is 2.46. The first kappa shape index (κ1) is 22.9. The number of aliphatic imine (C=N–C) groups is 1. The van der Waals surface area contributed by atoms with Crippen molar-refractivity contribution >= 4 is 29.9 Å². The molecule has 1 fully saturated rings. The van der Waals surface area contributed by atoms with Crippen molar-refractivity contribution in [3.8, 4) is 0 Å². The smallest absolute Gasteiger partial charge is 0.193 e. The largest absolute Gasteiger partial charge is 0.382 e. The van der Waals surface area contributed by atoms with E-state index in [4.69, 9.17) is 14.5 Å². The fourth-order valence-electron chi connectivity index (χ4n) is 2.46. The predicted octanol–water partition coefficient (Wildman–Crippen LogP) is 1.51. The van der Waals surface area contributed by atoms with E-state index in [0.29, 0.717) is 19.1 Å². The molecule has 138 valence electrons. The Morgan fingerprint density at radius 2 is 2.13 bits per heavy atom. The van der Waals surface area contributed by atoms with Crippen LogP contribution in [0.3, 0.4) is 0 Å². The van der Waals surface area contributed by atoms with E-state index in [-0.39, 0.29) is 24.0 Å². The van der Waals surface area contributed by atoms with Crippen molar-refractivity contribution in [2.45, 2.75) is 20.3 Å². The van der Waals surface area contributed by atoms with Crippen LogP contribution in [0.4, 0.5) is 0 Å². The van der Waals surface area contributed by atoms with E-state index >= 15 is 0 Å². The minimum atomic E-state index is 0. The van der Waals surface area contributed by atoms with Crippen LogP contribution in [-0.4, -0.2) is 89.0 Å². The Bertz CT molecular complexity index is 318. The standard InChI is InChI=1S/C16H34N4O2.HI/c1-5-17-16(18-8-10-19(3)6-2)20-9-7-15(13-20)14-22-12-11-21-4;/h15H,5-14H2,1-4H3,(H,17,18);1H. The molecule has 23 heavy (non-hydrogen) atoms. The molecule has 1 aliphatic rings. The van der Waals surface area contributed by atoms with Gasteiger partial charge < -0.3 is 24.6 Å². The highest BCUT2D eigenvalue weighted by Gasteiger charge is 2.24. The first-order valence-electron chi connectivity index (χ1n) is 8.49. The summed E-state index contributed by atoms with van der Waals surface area (Å²) in [6.07, 6.45) is 1.17. The molecule has 1 N–H and O–H groups in total. The van der Waals surface area contributed by atoms with Gasteiger partial charge in [0.05, 0.1) is 26.4 Å². The summed E-state index contributed by atoms with van der Waals surface area (Å²) in [6.45, 7) is 12.4. The lowest BCUT2D eigenvalue weighted by atomic mass is 10.1. The van der Waals surface area contributed by atoms with E-state index in [1.807, 2.05) is 0 Å². The molecule has 0 aromatic rings. The molecular formula is C16H35IN4O2. The molecule has 0 aromatic carbocycles. The minimum absolute atomic E-state index is 0. The zero-order valence-electron chi connectivity index (χ0n) is 15.2. The molecule has 6 nitrogen and oxygen atoms in total. The second kappa shape index (κ2) is 14.2. The molecule has 7 heteroatoms. The number of hydrogen-bond donors (Lipinski definition) is 1. The van der Waals surface area contributed by atoms with E-state index in [0.717, 1.165) is 51.8 Å². The summed E-state index contributed by atoms with van der Waals surface area (Å²) in [7, 11) is 3.83. The van der Waals surface area contributed by atoms with Gasteiger partial charge in [-0.3, -0.25) is 4.99 Å². The zero-order valence-corrected chi connectivity index (χ0v) is 17.5. The molecule has 0 spiro atoms. The molecule has 0 aliphatic carbocycles. The maximum atomic E-state index is 5.65. The van der Waals surface area contributed by atoms with E-state index in [2.05, 4.69) is 36.0 Å². The molecule has 1 rings (SSSR count). The highest BCUT2D eigenvalue weighted by atomic mass is 127. The van der Waals surface area contributed by atoms with Gasteiger partial charge in [0.2, 0.25) is 0 Å². The summed E-state index contributed by atoms with van der Waals surface area (Å²) in [4.78, 5) is 9.40. The maximum absolute atomic E-state index is 5.65. The molecule has 0 aromatic heterocycles. The van der Waals surface area contributed by atoms with E-state index < -0.39 is 0 Å². The van der Waals surface area contributed by atoms with Crippen LogP contribution in [0.15, 0.2) is 4.99 Å². The van der Waals surface area contributed by atoms with Crippen molar-refractivity contribution in [2.24, 2.45) is 10.9 Å². The van der Waals surface area contributed by atoms with Gasteiger partial charge in [-0.15, -0.1) is 24.0 Å². The molecule has 0 saturated carbocycles. The average Bonchev–Trinajstić information content (AvgIpc) is 2.99. The quantitative estimate of drug-likeness (QED) is 0.241. The highest BCUT2D eigenvalue weighted by Crippen LogP contribution is 2.16. The van der Waals surface area contributed by atoms with Crippen molar-refractivity contribution in [3.63, 3.8) is 0 Å². The van der Waals surface area contributed by atoms with Crippen molar-refractivity contribution in [1.29, 1.82) is 0 Å². The second-order valence-corrected chi connectivity index (χ2v) is 5.80. The number of methoxy groups -OCH3 is 1. The number of likely N-dealkylation sites (tertiary alicyclic amines) is 1. The number of halogens is 1. The lowest BCUT2D eigenvalue weighted by Gasteiger charge is -2.22. The number of nitrogens with zero attached hydrogens (tertiary/aromatic N) is 3. The van der Waals surface area contributed by atoms with E-state index in [1.54, 1.807) is 7.11 Å². The minimum Gasteiger partial charge on any atom is -0.382 e. The Morgan fingerprint density at radius 1 is 1.35 bits per heavy atom. The number of guanidine groups is 1. The van der Waals surface area contributed by atoms with Crippen LogP contribution < -0.4 is 5.32 Å². The molecule has 1 heterocycles. The summed E-state index contributed by atoms with van der Waals surface area (Å²) < 4.78 is 10.7. The van der Waals surface area contributed by atoms with Crippen LogP contribution in [0.5, 0.6) is 0 Å². The SMILES string of the molecule is CCNC(=NCCN(C)CC)N1CCC(COCCOC)C1.I. The Kier molecular flexibility index (Phi) is 14.2. The predicted molar refractivity (Wildman–Crippen MR) is 107 cm³/mol. The van der Waals surface area contributed by atoms with Crippen LogP contribution >= 0.6 is 24.0 Å². The number of rotatable bonds is 10. The van der Waals surface area contributed by atoms with Gasteiger partial charge in [-0.2, -0.15) is 0 Å². The van der Waals surface area contributed by atoms with Gasteiger partial charge in [0.1, 0.15) is 0 Å². The molecule has 1 aliphatic heterocycles. The second-order valence-electron chi connectivity index (χ2n) is 5.80. The summed E-state index contributed by atoms with van der Waals surface area (Å²) in [5.74, 6) is 1.64. The first-order valence-corrected chi connectivity index (χ1v) is 8.49. The molecule has 0 radical (unpaired) electrons. The van der Waals surface area contributed by atoms with Gasteiger partial charge >= 0.3 is 0 Å². The third-order valence-corrected chi connectivity index (χ3v) is 3.99. The third-order valence-electron chi connectivity index (χ3n) is 3.99. The van der Waals surface area contributed by atoms with Crippen LogP contribution in [0.1, 0.15) is 20.3 Å². The maximum Gasteiger partial charge on any atom is 0.193 e. The summed E-state index contributed by atoms with van der Waals surface area (Å²) in [5.41, 5.74) is 0. The molecular weight excluding hydrogens is 407 g/mol. The Balaban J connectivity index is 0.00000484. The van der Waals surface area contributed by atoms with Gasteiger partial charge in [0.25, 0.3) is 0 Å². The number of ether oxygens (including phenoxy) is 2. The Morgan fingerprint density at radius 3 is 2.78 bits per heavy atom. The molecule has 0 bridgehead atoms. The lowest BCUT2D eigenvalue weighted by Crippen LogP contribution is -2.40. The summed E-state index contributed by atoms with van der Waals surface area (Å²) in [5, 5.41) is 3.41. The van der Waals surface area contributed by atoms with Crippen molar-refractivity contribution < 1.29 is 9.47 Å². The van der Waals surface area contributed by atoms with Gasteiger partial charge in [-0.25, -0.2) is 0 Å². The zero-order chi connectivity index (χ0) is 16.2. The van der Waals surface area contributed by atoms with Gasteiger partial charge in [-0.05, 0) is 26.9 Å². The molecule has 0 amide bonds. The third kappa shape index (κ3) is 9.69. The fraction of sp³-hybridized carbons (Fsp3) is 0.938. The Labute approximate surface area is 159 Å². The monoisotopic (exact) mass is 442 g/mol. The molecule has 1 atom stereocenters. The van der Waals surface area contributed by atoms with Crippen LogP contribution in [-0.2, 0) is 9.47 Å². The topological polar surface area (TPSA) is 49.3 Å². The molecule has 1 saturated heterocycles. The van der Waals surface area contributed by atoms with Crippen molar-refractivity contribution in [2.75, 3.05) is 73.2 Å². The normalized spacial score (nSPS) is 18.4. The van der Waals surface area contributed by atoms with Crippen LogP contribution in [0, 0.1) is 5.92 Å². The number of nitrogens with one attached hydrogen (secondary N) is 1. The Hall–Kier alpha value is -0.120. The van der Waals surface area contributed by atoms with Crippen molar-refractivity contribution in [1.82, 2.24) is 15.1 Å². The van der Waals surface area contributed by atoms with E-state index in [9.17, 15) is 0 Å². The number of likely N-dealkylation sites (N-methyl/N-ethyl adjacent to an activating group) is 1. The summed E-state index contributed by atoms with van der Waals surface area (Å²) >= 11 is 0. The molecule has 1 unspecified atom stereocenters. The lowest BCUT2D eigenvalue weighted by molar-refractivity contribution is 0.0536. The highest BCUT2D eigenvalue weighted by molar-refractivity contribution is 14.0. The van der Waals surface area contributed by atoms with Crippen molar-refractivity contribution in [3.05, 3.63) is 0 Å². The van der Waals surface area contributed by atoms with Gasteiger partial charge in [-0.1, -0.05) is 6.92 Å². The van der Waals surface area contributed by atoms with Gasteiger partial charge in [0, 0.05) is 39.2 Å². The first-order chi connectivity index (χ1) is 10.7. The van der Waals surface area contributed by atoms with Gasteiger partial charge in [0.15, 0.2) is 5.96 Å². The average molecular weight is 442 g/mol. The van der Waals surface area contributed by atoms with E-state index in [1.165, 1.54) is 6.42 Å². The number of hydrogen-bond acceptors (Lipinski definition) is 4. The van der Waals surface area contributed by atoms with Crippen LogP contribution in [0.2, 0.25) is 0 Å².